The second-order valence-electron chi connectivity index (χ2n) is 4.44. The first kappa shape index (κ1) is 13.6. The van der Waals surface area contributed by atoms with E-state index in [1.165, 1.54) is 26.0 Å². The average molecular weight is 327 g/mol. The molecule has 0 spiro atoms. The molecular formula is C13H11BrO5. The number of phenolic OH excluding ortho intramolecular Hbond substituents is 1. The molecule has 1 aromatic carbocycles. The molecule has 19 heavy (non-hydrogen) atoms. The van der Waals surface area contributed by atoms with Gasteiger partial charge in [-0.3, -0.25) is 0 Å². The lowest BCUT2D eigenvalue weighted by Crippen LogP contribution is -2.41. The predicted molar refractivity (Wildman–Crippen MR) is 70.0 cm³/mol. The summed E-state index contributed by atoms with van der Waals surface area (Å²) in [5, 5.41) is 9.67. The molecule has 5 nitrogen and oxygen atoms in total. The Kier molecular flexibility index (Phi) is 3.36. The quantitative estimate of drug-likeness (QED) is 0.487. The number of rotatable bonds is 1. The summed E-state index contributed by atoms with van der Waals surface area (Å²) in [6.07, 6.45) is 1.24. The van der Waals surface area contributed by atoms with Gasteiger partial charge in [0.15, 0.2) is 0 Å². The standard InChI is InChI=1S/C13H11BrO5/c1-13(2)18-11(16)9(12(17)19-13)6-7-5-8(14)3-4-10(7)15/h3-6,15H,1-2H3. The molecule has 0 aromatic heterocycles. The third-order valence-electron chi connectivity index (χ3n) is 2.41. The van der Waals surface area contributed by atoms with Crippen molar-refractivity contribution in [2.24, 2.45) is 0 Å². The molecule has 0 amide bonds. The van der Waals surface area contributed by atoms with Gasteiger partial charge >= 0.3 is 11.9 Å². The fourth-order valence-electron chi connectivity index (χ4n) is 1.57. The van der Waals surface area contributed by atoms with Crippen LogP contribution in [0, 0.1) is 0 Å². The van der Waals surface area contributed by atoms with Gasteiger partial charge in [-0.2, -0.15) is 0 Å². The largest absolute Gasteiger partial charge is 0.507 e. The Balaban J connectivity index is 2.41. The average Bonchev–Trinajstić information content (AvgIpc) is 2.26. The van der Waals surface area contributed by atoms with Gasteiger partial charge in [0.25, 0.3) is 5.79 Å². The summed E-state index contributed by atoms with van der Waals surface area (Å²) in [6, 6.07) is 4.65. The lowest BCUT2D eigenvalue weighted by atomic mass is 10.1. The molecule has 100 valence electrons. The number of esters is 2. The van der Waals surface area contributed by atoms with E-state index in [1.54, 1.807) is 12.1 Å². The van der Waals surface area contributed by atoms with Crippen LogP contribution < -0.4 is 0 Å². The van der Waals surface area contributed by atoms with E-state index in [0.29, 0.717) is 10.0 Å². The van der Waals surface area contributed by atoms with Crippen LogP contribution in [0.3, 0.4) is 0 Å². The summed E-state index contributed by atoms with van der Waals surface area (Å²) in [6.45, 7) is 2.94. The first-order valence-corrected chi connectivity index (χ1v) is 6.25. The first-order valence-electron chi connectivity index (χ1n) is 5.45. The second-order valence-corrected chi connectivity index (χ2v) is 5.36. The molecule has 1 N–H and O–H groups in total. The topological polar surface area (TPSA) is 72.8 Å². The van der Waals surface area contributed by atoms with Crippen LogP contribution in [-0.4, -0.2) is 22.8 Å². The molecule has 0 unspecified atom stereocenters. The summed E-state index contributed by atoms with van der Waals surface area (Å²) in [7, 11) is 0. The van der Waals surface area contributed by atoms with Crippen LogP contribution in [0.1, 0.15) is 19.4 Å². The van der Waals surface area contributed by atoms with Gasteiger partial charge in [0, 0.05) is 23.9 Å². The number of cyclic esters (lactones) is 2. The van der Waals surface area contributed by atoms with Gasteiger partial charge in [0.1, 0.15) is 11.3 Å². The van der Waals surface area contributed by atoms with Crippen molar-refractivity contribution in [2.45, 2.75) is 19.6 Å². The van der Waals surface area contributed by atoms with Crippen molar-refractivity contribution < 1.29 is 24.2 Å². The molecule has 1 fully saturated rings. The van der Waals surface area contributed by atoms with E-state index in [9.17, 15) is 14.7 Å². The number of carbonyl (C=O) groups excluding carboxylic acids is 2. The molecule has 0 radical (unpaired) electrons. The molecule has 0 atom stereocenters. The van der Waals surface area contributed by atoms with Crippen molar-refractivity contribution in [3.8, 4) is 5.75 Å². The van der Waals surface area contributed by atoms with Crippen LogP contribution in [0.4, 0.5) is 0 Å². The third kappa shape index (κ3) is 2.96. The summed E-state index contributed by atoms with van der Waals surface area (Å²) < 4.78 is 10.6. The monoisotopic (exact) mass is 326 g/mol. The summed E-state index contributed by atoms with van der Waals surface area (Å²) >= 11 is 3.24. The van der Waals surface area contributed by atoms with Gasteiger partial charge in [-0.05, 0) is 24.3 Å². The zero-order chi connectivity index (χ0) is 14.2. The summed E-state index contributed by atoms with van der Waals surface area (Å²) in [5.41, 5.74) is 0.0608. The van der Waals surface area contributed by atoms with Crippen LogP contribution in [0.25, 0.3) is 6.08 Å². The molecule has 1 saturated heterocycles. The Morgan fingerprint density at radius 3 is 2.37 bits per heavy atom. The molecule has 1 aliphatic rings. The van der Waals surface area contributed by atoms with Crippen molar-refractivity contribution in [1.82, 2.24) is 0 Å². The smallest absolute Gasteiger partial charge is 0.348 e. The number of hydrogen-bond donors (Lipinski definition) is 1. The highest BCUT2D eigenvalue weighted by atomic mass is 79.9. The molecule has 2 rings (SSSR count). The minimum Gasteiger partial charge on any atom is -0.507 e. The zero-order valence-electron chi connectivity index (χ0n) is 10.3. The molecule has 0 saturated carbocycles. The Labute approximate surface area is 118 Å². The van der Waals surface area contributed by atoms with Gasteiger partial charge in [-0.1, -0.05) is 15.9 Å². The maximum absolute atomic E-state index is 11.7. The summed E-state index contributed by atoms with van der Waals surface area (Å²) in [5.74, 6) is -2.88. The SMILES string of the molecule is CC1(C)OC(=O)C(=Cc2cc(Br)ccc2O)C(=O)O1. The van der Waals surface area contributed by atoms with E-state index in [2.05, 4.69) is 15.9 Å². The number of aromatic hydroxyl groups is 1. The van der Waals surface area contributed by atoms with E-state index >= 15 is 0 Å². The molecule has 1 heterocycles. The number of carbonyl (C=O) groups is 2. The van der Waals surface area contributed by atoms with Crippen LogP contribution in [-0.2, 0) is 19.1 Å². The van der Waals surface area contributed by atoms with Crippen molar-refractivity contribution in [3.63, 3.8) is 0 Å². The van der Waals surface area contributed by atoms with Crippen LogP contribution in [0.5, 0.6) is 5.75 Å². The van der Waals surface area contributed by atoms with Gasteiger partial charge < -0.3 is 14.6 Å². The Morgan fingerprint density at radius 1 is 1.21 bits per heavy atom. The van der Waals surface area contributed by atoms with Gasteiger partial charge in [-0.25, -0.2) is 9.59 Å². The van der Waals surface area contributed by atoms with Gasteiger partial charge in [-0.15, -0.1) is 0 Å². The maximum Gasteiger partial charge on any atom is 0.348 e. The minimum atomic E-state index is -1.27. The molecular weight excluding hydrogens is 316 g/mol. The number of phenols is 1. The summed E-state index contributed by atoms with van der Waals surface area (Å²) in [4.78, 5) is 23.5. The van der Waals surface area contributed by atoms with Crippen LogP contribution in [0.15, 0.2) is 28.2 Å². The van der Waals surface area contributed by atoms with Gasteiger partial charge in [0.2, 0.25) is 0 Å². The predicted octanol–water partition coefficient (Wildman–Crippen LogP) is 2.37. The highest BCUT2D eigenvalue weighted by molar-refractivity contribution is 9.10. The minimum absolute atomic E-state index is 0.0545. The molecule has 6 heteroatoms. The van der Waals surface area contributed by atoms with Crippen molar-refractivity contribution >= 4 is 33.9 Å². The molecule has 0 aliphatic carbocycles. The maximum atomic E-state index is 11.7. The van der Waals surface area contributed by atoms with Crippen molar-refractivity contribution in [1.29, 1.82) is 0 Å². The first-order chi connectivity index (χ1) is 8.78. The lowest BCUT2D eigenvalue weighted by molar-refractivity contribution is -0.222. The highest BCUT2D eigenvalue weighted by Crippen LogP contribution is 2.28. The fraction of sp³-hybridized carbons (Fsp3) is 0.231. The molecule has 1 aromatic rings. The van der Waals surface area contributed by atoms with E-state index in [1.807, 2.05) is 0 Å². The van der Waals surface area contributed by atoms with E-state index in [-0.39, 0.29) is 11.3 Å². The van der Waals surface area contributed by atoms with Crippen molar-refractivity contribution in [2.75, 3.05) is 0 Å². The Hall–Kier alpha value is -1.82. The Bertz CT molecular complexity index is 567. The van der Waals surface area contributed by atoms with E-state index in [4.69, 9.17) is 9.47 Å². The van der Waals surface area contributed by atoms with E-state index < -0.39 is 17.7 Å². The zero-order valence-corrected chi connectivity index (χ0v) is 11.9. The lowest BCUT2D eigenvalue weighted by Gasteiger charge is -2.29. The third-order valence-corrected chi connectivity index (χ3v) is 2.90. The number of ether oxygens (including phenoxy) is 2. The Morgan fingerprint density at radius 2 is 1.79 bits per heavy atom. The number of benzene rings is 1. The molecule has 1 aliphatic heterocycles. The second kappa shape index (κ2) is 4.70. The van der Waals surface area contributed by atoms with Crippen LogP contribution >= 0.6 is 15.9 Å². The highest BCUT2D eigenvalue weighted by Gasteiger charge is 2.38. The van der Waals surface area contributed by atoms with Crippen molar-refractivity contribution in [3.05, 3.63) is 33.8 Å². The van der Waals surface area contributed by atoms with Crippen LogP contribution in [0.2, 0.25) is 0 Å². The molecule has 0 bridgehead atoms. The van der Waals surface area contributed by atoms with Gasteiger partial charge in [0.05, 0.1) is 0 Å². The number of halogens is 1. The number of hydrogen-bond acceptors (Lipinski definition) is 5. The van der Waals surface area contributed by atoms with E-state index in [0.717, 1.165) is 0 Å². The normalized spacial score (nSPS) is 17.7. The fourth-order valence-corrected chi connectivity index (χ4v) is 1.95.